The van der Waals surface area contributed by atoms with E-state index >= 15 is 0 Å². The fourth-order valence-corrected chi connectivity index (χ4v) is 2.85. The maximum absolute atomic E-state index is 12.2. The van der Waals surface area contributed by atoms with Crippen molar-refractivity contribution in [3.8, 4) is 0 Å². The summed E-state index contributed by atoms with van der Waals surface area (Å²) in [5, 5.41) is 7.16. The lowest BCUT2D eigenvalue weighted by Gasteiger charge is -2.24. The zero-order valence-electron chi connectivity index (χ0n) is 13.4. The fourth-order valence-electron chi connectivity index (χ4n) is 2.14. The molecule has 0 unspecified atom stereocenters. The summed E-state index contributed by atoms with van der Waals surface area (Å²) < 4.78 is 0. The molecule has 2 aromatic heterocycles. The van der Waals surface area contributed by atoms with Crippen molar-refractivity contribution in [1.29, 1.82) is 0 Å². The Labute approximate surface area is 135 Å². The molecule has 118 valence electrons. The average Bonchev–Trinajstić information content (AvgIpc) is 3.01. The third kappa shape index (κ3) is 4.05. The molecule has 2 heterocycles. The summed E-state index contributed by atoms with van der Waals surface area (Å²) in [6, 6.07) is 5.91. The second-order valence-corrected chi connectivity index (χ2v) is 6.33. The number of aromatic nitrogens is 1. The van der Waals surface area contributed by atoms with Crippen molar-refractivity contribution in [2.45, 2.75) is 6.04 Å². The Morgan fingerprint density at radius 1 is 1.27 bits per heavy atom. The van der Waals surface area contributed by atoms with Crippen LogP contribution in [0, 0.1) is 0 Å². The fraction of sp³-hybridized carbons (Fsp3) is 0.375. The number of likely N-dealkylation sites (N-methyl/N-ethyl adjacent to an activating group) is 1. The van der Waals surface area contributed by atoms with Gasteiger partial charge in [0.15, 0.2) is 0 Å². The number of pyridine rings is 1. The molecule has 1 N–H and O–H groups in total. The van der Waals surface area contributed by atoms with Crippen molar-refractivity contribution in [1.82, 2.24) is 15.2 Å². The smallest absolute Gasteiger partial charge is 0.252 e. The summed E-state index contributed by atoms with van der Waals surface area (Å²) in [4.78, 5) is 20.5. The third-order valence-electron chi connectivity index (χ3n) is 3.48. The maximum atomic E-state index is 12.2. The molecule has 1 amide bonds. The zero-order valence-corrected chi connectivity index (χ0v) is 14.2. The molecule has 2 aromatic rings. The largest absolute Gasteiger partial charge is 0.363 e. The van der Waals surface area contributed by atoms with Gasteiger partial charge in [-0.1, -0.05) is 0 Å². The van der Waals surface area contributed by atoms with E-state index in [0.29, 0.717) is 12.1 Å². The number of anilines is 1. The Hall–Kier alpha value is -1.92. The molecule has 6 heteroatoms. The summed E-state index contributed by atoms with van der Waals surface area (Å²) in [6.07, 6.45) is 1.61. The number of hydrogen-bond donors (Lipinski definition) is 1. The van der Waals surface area contributed by atoms with E-state index < -0.39 is 0 Å². The van der Waals surface area contributed by atoms with E-state index in [-0.39, 0.29) is 11.9 Å². The molecule has 0 saturated carbocycles. The zero-order chi connectivity index (χ0) is 16.1. The second kappa shape index (κ2) is 7.38. The van der Waals surface area contributed by atoms with Gasteiger partial charge in [0, 0.05) is 26.8 Å². The van der Waals surface area contributed by atoms with E-state index in [1.807, 2.05) is 39.2 Å². The highest BCUT2D eigenvalue weighted by Crippen LogP contribution is 2.20. The predicted molar refractivity (Wildman–Crippen MR) is 91.6 cm³/mol. The summed E-state index contributed by atoms with van der Waals surface area (Å²) in [6.45, 7) is 0.567. The maximum Gasteiger partial charge on any atom is 0.252 e. The highest BCUT2D eigenvalue weighted by atomic mass is 32.1. The SMILES string of the molecule is CN(C)c1ccc(C(=O)NC[C@@H](c2ccsc2)N(C)C)cn1. The first-order chi connectivity index (χ1) is 10.5. The van der Waals surface area contributed by atoms with Crippen LogP contribution in [0.1, 0.15) is 22.0 Å². The normalized spacial score (nSPS) is 12.2. The molecule has 0 aliphatic carbocycles. The van der Waals surface area contributed by atoms with Gasteiger partial charge in [-0.3, -0.25) is 4.79 Å². The van der Waals surface area contributed by atoms with Crippen molar-refractivity contribution in [2.24, 2.45) is 0 Å². The van der Waals surface area contributed by atoms with Crippen LogP contribution in [0.15, 0.2) is 35.2 Å². The number of nitrogens with zero attached hydrogens (tertiary/aromatic N) is 3. The molecule has 2 rings (SSSR count). The third-order valence-corrected chi connectivity index (χ3v) is 4.18. The number of thiophene rings is 1. The number of carbonyl (C=O) groups excluding carboxylic acids is 1. The monoisotopic (exact) mass is 318 g/mol. The van der Waals surface area contributed by atoms with E-state index in [9.17, 15) is 4.79 Å². The first-order valence-electron chi connectivity index (χ1n) is 7.09. The lowest BCUT2D eigenvalue weighted by Crippen LogP contribution is -2.34. The van der Waals surface area contributed by atoms with E-state index in [2.05, 4.69) is 32.0 Å². The Bertz CT molecular complexity index is 593. The van der Waals surface area contributed by atoms with Gasteiger partial charge in [0.05, 0.1) is 11.6 Å². The Balaban J connectivity index is 1.99. The molecule has 0 radical (unpaired) electrons. The quantitative estimate of drug-likeness (QED) is 0.887. The highest BCUT2D eigenvalue weighted by Gasteiger charge is 2.16. The van der Waals surface area contributed by atoms with Gasteiger partial charge in [0.2, 0.25) is 0 Å². The van der Waals surface area contributed by atoms with Crippen LogP contribution in [0.4, 0.5) is 5.82 Å². The molecule has 0 aromatic carbocycles. The van der Waals surface area contributed by atoms with Gasteiger partial charge in [-0.15, -0.1) is 0 Å². The molecule has 0 bridgehead atoms. The minimum Gasteiger partial charge on any atom is -0.363 e. The van der Waals surface area contributed by atoms with Crippen molar-refractivity contribution in [3.63, 3.8) is 0 Å². The summed E-state index contributed by atoms with van der Waals surface area (Å²) in [5.74, 6) is 0.737. The number of carbonyl (C=O) groups is 1. The molecule has 0 aliphatic rings. The van der Waals surface area contributed by atoms with Crippen LogP contribution in [-0.4, -0.2) is 50.5 Å². The summed E-state index contributed by atoms with van der Waals surface area (Å²) in [7, 11) is 7.87. The minimum atomic E-state index is -0.0973. The van der Waals surface area contributed by atoms with Gasteiger partial charge in [0.1, 0.15) is 5.82 Å². The molecule has 0 saturated heterocycles. The standard InChI is InChI=1S/C16H22N4OS/c1-19(2)14(13-7-8-22-11-13)10-18-16(21)12-5-6-15(17-9-12)20(3)4/h5-9,11,14H,10H2,1-4H3,(H,18,21)/t14-/m0/s1. The minimum absolute atomic E-state index is 0.0973. The molecule has 5 nitrogen and oxygen atoms in total. The number of rotatable bonds is 6. The van der Waals surface area contributed by atoms with E-state index in [0.717, 1.165) is 5.82 Å². The van der Waals surface area contributed by atoms with Crippen LogP contribution in [-0.2, 0) is 0 Å². The van der Waals surface area contributed by atoms with E-state index in [1.165, 1.54) is 5.56 Å². The van der Waals surface area contributed by atoms with Crippen molar-refractivity contribution in [2.75, 3.05) is 39.6 Å². The Kier molecular flexibility index (Phi) is 5.51. The Morgan fingerprint density at radius 3 is 2.55 bits per heavy atom. The van der Waals surface area contributed by atoms with Gasteiger partial charge in [0.25, 0.3) is 5.91 Å². The van der Waals surface area contributed by atoms with Gasteiger partial charge in [-0.2, -0.15) is 11.3 Å². The number of amides is 1. The molecular weight excluding hydrogens is 296 g/mol. The molecule has 0 aliphatic heterocycles. The van der Waals surface area contributed by atoms with Crippen molar-refractivity contribution in [3.05, 3.63) is 46.3 Å². The van der Waals surface area contributed by atoms with Crippen LogP contribution in [0.2, 0.25) is 0 Å². The Morgan fingerprint density at radius 2 is 2.05 bits per heavy atom. The summed E-state index contributed by atoms with van der Waals surface area (Å²) >= 11 is 1.67. The first-order valence-corrected chi connectivity index (χ1v) is 8.03. The second-order valence-electron chi connectivity index (χ2n) is 5.55. The van der Waals surface area contributed by atoms with Crippen LogP contribution < -0.4 is 10.2 Å². The highest BCUT2D eigenvalue weighted by molar-refractivity contribution is 7.07. The summed E-state index contributed by atoms with van der Waals surface area (Å²) in [5.41, 5.74) is 1.80. The van der Waals surface area contributed by atoms with Crippen molar-refractivity contribution >= 4 is 23.1 Å². The number of nitrogens with one attached hydrogen (secondary N) is 1. The molecule has 0 fully saturated rings. The van der Waals surface area contributed by atoms with Crippen LogP contribution in [0.3, 0.4) is 0 Å². The van der Waals surface area contributed by atoms with E-state index in [1.54, 1.807) is 23.6 Å². The van der Waals surface area contributed by atoms with Crippen molar-refractivity contribution < 1.29 is 4.79 Å². The van der Waals surface area contributed by atoms with Crippen LogP contribution >= 0.6 is 11.3 Å². The molecule has 0 spiro atoms. The van der Waals surface area contributed by atoms with Gasteiger partial charge < -0.3 is 15.1 Å². The van der Waals surface area contributed by atoms with Gasteiger partial charge in [-0.25, -0.2) is 4.98 Å². The molecule has 22 heavy (non-hydrogen) atoms. The first kappa shape index (κ1) is 16.5. The van der Waals surface area contributed by atoms with Crippen LogP contribution in [0.25, 0.3) is 0 Å². The molecule has 1 atom stereocenters. The lowest BCUT2D eigenvalue weighted by molar-refractivity contribution is 0.0941. The van der Waals surface area contributed by atoms with E-state index in [4.69, 9.17) is 0 Å². The van der Waals surface area contributed by atoms with Crippen LogP contribution in [0.5, 0.6) is 0 Å². The average molecular weight is 318 g/mol. The van der Waals surface area contributed by atoms with Gasteiger partial charge in [-0.05, 0) is 48.6 Å². The van der Waals surface area contributed by atoms with Gasteiger partial charge >= 0.3 is 0 Å². The topological polar surface area (TPSA) is 48.5 Å². The number of hydrogen-bond acceptors (Lipinski definition) is 5. The predicted octanol–water partition coefficient (Wildman–Crippen LogP) is 2.24. The lowest BCUT2D eigenvalue weighted by atomic mass is 10.1. The molecular formula is C16H22N4OS.